The third kappa shape index (κ3) is 5.95. The van der Waals surface area contributed by atoms with Crippen molar-refractivity contribution in [2.24, 2.45) is 17.8 Å². The first kappa shape index (κ1) is 25.7. The first-order valence-electron chi connectivity index (χ1n) is 11.2. The largest absolute Gasteiger partial charge is 0.346 e. The van der Waals surface area contributed by atoms with Gasteiger partial charge in [0.2, 0.25) is 17.7 Å². The number of carbonyl (C=O) groups excluding carboxylic acids is 5. The third-order valence-corrected chi connectivity index (χ3v) is 5.91. The van der Waals surface area contributed by atoms with Crippen molar-refractivity contribution in [3.63, 3.8) is 0 Å². The van der Waals surface area contributed by atoms with Gasteiger partial charge in [-0.1, -0.05) is 51.1 Å². The minimum Gasteiger partial charge on any atom is -0.346 e. The Morgan fingerprint density at radius 1 is 1.03 bits per heavy atom. The molecular formula is C25H27FN4O5. The molecule has 4 atom stereocenters. The van der Waals surface area contributed by atoms with Crippen molar-refractivity contribution in [2.75, 3.05) is 0 Å². The van der Waals surface area contributed by atoms with Crippen LogP contribution in [0.2, 0.25) is 0 Å². The zero-order valence-electron chi connectivity index (χ0n) is 19.6. The molecule has 35 heavy (non-hydrogen) atoms. The van der Waals surface area contributed by atoms with Crippen molar-refractivity contribution in [2.45, 2.75) is 39.3 Å². The number of pyridine rings is 1. The number of nitrogens with one attached hydrogen (secondary N) is 3. The van der Waals surface area contributed by atoms with Crippen LogP contribution in [0.25, 0.3) is 0 Å². The predicted octanol–water partition coefficient (Wildman–Crippen LogP) is 1.70. The standard InChI is InChI=1S/C25H27FN4O5/c1-13(2)20(22(32)19-14(3)23(33)30-24(19)34)29-18(31)12-17(15-8-5-4-6-9-15)28-25(35)21-16(26)10-7-11-27-21/h4-11,13-14,17,19-20H,12H2,1-3H3,(H,28,35)(H,29,31)(H,30,33,34)/t14-,17+,19-,20-/m1/s1. The summed E-state index contributed by atoms with van der Waals surface area (Å²) in [6.45, 7) is 4.91. The van der Waals surface area contributed by atoms with Gasteiger partial charge in [0.1, 0.15) is 5.92 Å². The fraction of sp³-hybridized carbons (Fsp3) is 0.360. The maximum atomic E-state index is 14.0. The number of Topliss-reactive ketones (excluding diaryl/α,β-unsaturated/α-hetero) is 1. The minimum atomic E-state index is -1.19. The zero-order valence-corrected chi connectivity index (χ0v) is 19.6. The number of nitrogens with zero attached hydrogens (tertiary/aromatic N) is 1. The lowest BCUT2D eigenvalue weighted by molar-refractivity contribution is -0.137. The van der Waals surface area contributed by atoms with Crippen LogP contribution in [0.15, 0.2) is 48.7 Å². The lowest BCUT2D eigenvalue weighted by Gasteiger charge is -2.26. The van der Waals surface area contributed by atoms with Gasteiger partial charge in [0, 0.05) is 6.20 Å². The molecule has 0 aliphatic carbocycles. The maximum absolute atomic E-state index is 14.0. The van der Waals surface area contributed by atoms with Gasteiger partial charge in [-0.05, 0) is 23.6 Å². The molecule has 1 saturated heterocycles. The molecule has 184 valence electrons. The summed E-state index contributed by atoms with van der Waals surface area (Å²) in [6.07, 6.45) is 1.03. The lowest BCUT2D eigenvalue weighted by Crippen LogP contribution is -2.49. The summed E-state index contributed by atoms with van der Waals surface area (Å²) < 4.78 is 14.0. The molecule has 4 amide bonds. The number of hydrogen-bond acceptors (Lipinski definition) is 6. The molecule has 1 aromatic heterocycles. The van der Waals surface area contributed by atoms with E-state index in [0.717, 1.165) is 6.07 Å². The quantitative estimate of drug-likeness (QED) is 0.368. The summed E-state index contributed by atoms with van der Waals surface area (Å²) in [6, 6.07) is 9.23. The molecule has 1 aliphatic heterocycles. The van der Waals surface area contributed by atoms with E-state index in [0.29, 0.717) is 5.56 Å². The van der Waals surface area contributed by atoms with Gasteiger partial charge < -0.3 is 10.6 Å². The fourth-order valence-electron chi connectivity index (χ4n) is 3.96. The molecule has 0 radical (unpaired) electrons. The van der Waals surface area contributed by atoms with Crippen LogP contribution in [0.1, 0.15) is 49.3 Å². The second-order valence-electron chi connectivity index (χ2n) is 8.79. The Kier molecular flexibility index (Phi) is 8.06. The van der Waals surface area contributed by atoms with E-state index in [-0.39, 0.29) is 12.3 Å². The fourth-order valence-corrected chi connectivity index (χ4v) is 3.96. The van der Waals surface area contributed by atoms with E-state index in [1.54, 1.807) is 44.2 Å². The molecule has 10 heteroatoms. The molecule has 1 aliphatic rings. The van der Waals surface area contributed by atoms with Gasteiger partial charge in [0.05, 0.1) is 24.4 Å². The van der Waals surface area contributed by atoms with E-state index in [1.165, 1.54) is 19.2 Å². The summed E-state index contributed by atoms with van der Waals surface area (Å²) in [7, 11) is 0. The van der Waals surface area contributed by atoms with Crippen LogP contribution in [0.3, 0.4) is 0 Å². The van der Waals surface area contributed by atoms with Gasteiger partial charge in [-0.15, -0.1) is 0 Å². The van der Waals surface area contributed by atoms with Crippen LogP contribution in [0.4, 0.5) is 4.39 Å². The molecule has 0 spiro atoms. The zero-order chi connectivity index (χ0) is 25.7. The molecule has 0 saturated carbocycles. The van der Waals surface area contributed by atoms with Crippen LogP contribution in [-0.4, -0.2) is 40.4 Å². The molecule has 3 N–H and O–H groups in total. The molecule has 2 heterocycles. The SMILES string of the molecule is CC(C)[C@@H](NC(=O)C[C@H](NC(=O)c1ncccc1F)c1ccccc1)C(=O)[C@@H]1C(=O)NC(=O)[C@@H]1C. The van der Waals surface area contributed by atoms with Crippen LogP contribution in [0.5, 0.6) is 0 Å². The van der Waals surface area contributed by atoms with Gasteiger partial charge in [-0.3, -0.25) is 29.3 Å². The predicted molar refractivity (Wildman–Crippen MR) is 123 cm³/mol. The number of rotatable bonds is 9. The second kappa shape index (κ2) is 11.0. The number of benzene rings is 1. The highest BCUT2D eigenvalue weighted by molar-refractivity contribution is 6.16. The smallest absolute Gasteiger partial charge is 0.273 e. The summed E-state index contributed by atoms with van der Waals surface area (Å²) in [4.78, 5) is 66.5. The molecule has 9 nitrogen and oxygen atoms in total. The molecule has 0 bridgehead atoms. The second-order valence-corrected chi connectivity index (χ2v) is 8.79. The number of aromatic nitrogens is 1. The topological polar surface area (TPSA) is 134 Å². The number of ketones is 1. The molecule has 1 aromatic carbocycles. The maximum Gasteiger partial charge on any atom is 0.273 e. The number of halogens is 1. The van der Waals surface area contributed by atoms with Crippen molar-refractivity contribution < 1.29 is 28.4 Å². The van der Waals surface area contributed by atoms with Crippen molar-refractivity contribution in [3.8, 4) is 0 Å². The summed E-state index contributed by atoms with van der Waals surface area (Å²) in [5.74, 6) is -6.32. The minimum absolute atomic E-state index is 0.258. The molecule has 2 aromatic rings. The van der Waals surface area contributed by atoms with E-state index in [9.17, 15) is 28.4 Å². The first-order chi connectivity index (χ1) is 16.6. The Morgan fingerprint density at radius 2 is 1.71 bits per heavy atom. The monoisotopic (exact) mass is 482 g/mol. The van der Waals surface area contributed by atoms with Crippen LogP contribution < -0.4 is 16.0 Å². The Morgan fingerprint density at radius 3 is 2.29 bits per heavy atom. The number of amides is 4. The van der Waals surface area contributed by atoms with E-state index in [1.807, 2.05) is 0 Å². The normalized spacial score (nSPS) is 19.1. The first-order valence-corrected chi connectivity index (χ1v) is 11.2. The number of hydrogen-bond donors (Lipinski definition) is 3. The van der Waals surface area contributed by atoms with Gasteiger partial charge in [0.25, 0.3) is 5.91 Å². The third-order valence-electron chi connectivity index (χ3n) is 5.91. The van der Waals surface area contributed by atoms with Gasteiger partial charge >= 0.3 is 0 Å². The van der Waals surface area contributed by atoms with Crippen molar-refractivity contribution >= 4 is 29.4 Å². The van der Waals surface area contributed by atoms with E-state index in [4.69, 9.17) is 0 Å². The Hall–Kier alpha value is -3.95. The van der Waals surface area contributed by atoms with E-state index >= 15 is 0 Å². The van der Waals surface area contributed by atoms with Crippen LogP contribution in [-0.2, 0) is 19.2 Å². The molecule has 0 unspecified atom stereocenters. The molecular weight excluding hydrogens is 455 g/mol. The number of imide groups is 1. The van der Waals surface area contributed by atoms with Crippen LogP contribution >= 0.6 is 0 Å². The van der Waals surface area contributed by atoms with Gasteiger partial charge in [-0.25, -0.2) is 9.37 Å². The molecule has 3 rings (SSSR count). The average Bonchev–Trinajstić information content (AvgIpc) is 3.08. The van der Waals surface area contributed by atoms with Gasteiger partial charge in [0.15, 0.2) is 17.3 Å². The van der Waals surface area contributed by atoms with Crippen molar-refractivity contribution in [1.82, 2.24) is 20.9 Å². The summed E-state index contributed by atoms with van der Waals surface area (Å²) >= 11 is 0. The highest BCUT2D eigenvalue weighted by atomic mass is 19.1. The highest BCUT2D eigenvalue weighted by Crippen LogP contribution is 2.24. The average molecular weight is 483 g/mol. The number of carbonyl (C=O) groups is 5. The van der Waals surface area contributed by atoms with Gasteiger partial charge in [-0.2, -0.15) is 0 Å². The van der Waals surface area contributed by atoms with Crippen molar-refractivity contribution in [1.29, 1.82) is 0 Å². The Balaban J connectivity index is 1.78. The molecule has 1 fully saturated rings. The summed E-state index contributed by atoms with van der Waals surface area (Å²) in [5.41, 5.74) is 0.184. The van der Waals surface area contributed by atoms with Crippen LogP contribution in [0, 0.1) is 23.6 Å². The van der Waals surface area contributed by atoms with E-state index < -0.39 is 64.8 Å². The van der Waals surface area contributed by atoms with Crippen molar-refractivity contribution in [3.05, 3.63) is 65.7 Å². The Bertz CT molecular complexity index is 1140. The lowest BCUT2D eigenvalue weighted by atomic mass is 9.85. The Labute approximate surface area is 201 Å². The van der Waals surface area contributed by atoms with E-state index in [2.05, 4.69) is 20.9 Å². The highest BCUT2D eigenvalue weighted by Gasteiger charge is 2.46. The summed E-state index contributed by atoms with van der Waals surface area (Å²) in [5, 5.41) is 7.43.